The zero-order chi connectivity index (χ0) is 10.1. The third-order valence-corrected chi connectivity index (χ3v) is 3.25. The van der Waals surface area contributed by atoms with Crippen LogP contribution in [0.5, 0.6) is 0 Å². The summed E-state index contributed by atoms with van der Waals surface area (Å²) in [4.78, 5) is 24.5. The zero-order valence-corrected chi connectivity index (χ0v) is 8.66. The SMILES string of the molecule is CCCC1CC1N1CCC(=O)CC1=O. The van der Waals surface area contributed by atoms with Gasteiger partial charge in [0.2, 0.25) is 5.91 Å². The summed E-state index contributed by atoms with van der Waals surface area (Å²) < 4.78 is 0. The lowest BCUT2D eigenvalue weighted by molar-refractivity contribution is -0.140. The third kappa shape index (κ3) is 1.81. The molecule has 2 aliphatic rings. The van der Waals surface area contributed by atoms with Gasteiger partial charge in [-0.3, -0.25) is 9.59 Å². The van der Waals surface area contributed by atoms with Crippen molar-refractivity contribution in [2.45, 2.75) is 45.1 Å². The van der Waals surface area contributed by atoms with Crippen LogP contribution in [0.1, 0.15) is 39.0 Å². The van der Waals surface area contributed by atoms with Crippen molar-refractivity contribution in [3.05, 3.63) is 0 Å². The van der Waals surface area contributed by atoms with Gasteiger partial charge in [0, 0.05) is 19.0 Å². The van der Waals surface area contributed by atoms with Crippen LogP contribution in [0.25, 0.3) is 0 Å². The number of piperidine rings is 1. The lowest BCUT2D eigenvalue weighted by Crippen LogP contribution is -2.41. The highest BCUT2D eigenvalue weighted by Crippen LogP contribution is 2.40. The van der Waals surface area contributed by atoms with Crippen molar-refractivity contribution >= 4 is 11.7 Å². The van der Waals surface area contributed by atoms with Crippen molar-refractivity contribution < 1.29 is 9.59 Å². The summed E-state index contributed by atoms with van der Waals surface area (Å²) in [5.74, 6) is 0.890. The van der Waals surface area contributed by atoms with Gasteiger partial charge in [-0.15, -0.1) is 0 Å². The molecule has 3 heteroatoms. The molecule has 2 rings (SSSR count). The van der Waals surface area contributed by atoms with Crippen LogP contribution < -0.4 is 0 Å². The number of hydrogen-bond donors (Lipinski definition) is 0. The van der Waals surface area contributed by atoms with Gasteiger partial charge in [-0.1, -0.05) is 13.3 Å². The number of amides is 1. The minimum Gasteiger partial charge on any atom is -0.339 e. The lowest BCUT2D eigenvalue weighted by Gasteiger charge is -2.26. The van der Waals surface area contributed by atoms with E-state index in [9.17, 15) is 9.59 Å². The van der Waals surface area contributed by atoms with E-state index in [1.165, 1.54) is 12.8 Å². The summed E-state index contributed by atoms with van der Waals surface area (Å²) >= 11 is 0. The Hall–Kier alpha value is -0.860. The number of carbonyl (C=O) groups excluding carboxylic acids is 2. The summed E-state index contributed by atoms with van der Waals surface area (Å²) in [6, 6.07) is 0.468. The van der Waals surface area contributed by atoms with Crippen molar-refractivity contribution in [1.82, 2.24) is 4.90 Å². The number of likely N-dealkylation sites (tertiary alicyclic amines) is 1. The minimum absolute atomic E-state index is 0.0600. The molecule has 2 fully saturated rings. The highest BCUT2D eigenvalue weighted by Gasteiger charge is 2.44. The number of rotatable bonds is 3. The van der Waals surface area contributed by atoms with E-state index in [0.717, 1.165) is 12.3 Å². The smallest absolute Gasteiger partial charge is 0.230 e. The fourth-order valence-corrected chi connectivity index (χ4v) is 2.37. The van der Waals surface area contributed by atoms with Crippen molar-refractivity contribution in [3.63, 3.8) is 0 Å². The molecule has 0 N–H and O–H groups in total. The molecule has 1 saturated carbocycles. The van der Waals surface area contributed by atoms with Crippen LogP contribution in [0.2, 0.25) is 0 Å². The fraction of sp³-hybridized carbons (Fsp3) is 0.818. The molecule has 1 aliphatic heterocycles. The lowest BCUT2D eigenvalue weighted by atomic mass is 10.1. The molecule has 2 unspecified atom stereocenters. The molecule has 0 spiro atoms. The first-order valence-corrected chi connectivity index (χ1v) is 5.53. The average Bonchev–Trinajstić information content (AvgIpc) is 2.84. The van der Waals surface area contributed by atoms with E-state index in [1.807, 2.05) is 4.90 Å². The summed E-state index contributed by atoms with van der Waals surface area (Å²) in [5.41, 5.74) is 0. The maximum absolute atomic E-state index is 11.5. The average molecular weight is 195 g/mol. The van der Waals surface area contributed by atoms with Gasteiger partial charge in [-0.2, -0.15) is 0 Å². The van der Waals surface area contributed by atoms with Crippen LogP contribution in [0.4, 0.5) is 0 Å². The number of Topliss-reactive ketones (excluding diaryl/α,β-unsaturated/α-hetero) is 1. The molecule has 0 bridgehead atoms. The molecule has 0 aromatic heterocycles. The number of carbonyl (C=O) groups is 2. The van der Waals surface area contributed by atoms with Crippen molar-refractivity contribution in [2.75, 3.05) is 6.54 Å². The standard InChI is InChI=1S/C11H17NO2/c1-2-3-8-6-10(8)12-5-4-9(13)7-11(12)14/h8,10H,2-7H2,1H3. The quantitative estimate of drug-likeness (QED) is 0.638. The Kier molecular flexibility index (Phi) is 2.57. The van der Waals surface area contributed by atoms with Gasteiger partial charge in [0.25, 0.3) is 0 Å². The summed E-state index contributed by atoms with van der Waals surface area (Å²) in [5, 5.41) is 0. The number of ketones is 1. The highest BCUT2D eigenvalue weighted by molar-refractivity contribution is 6.00. The van der Waals surface area contributed by atoms with Crippen LogP contribution in [0.15, 0.2) is 0 Å². The van der Waals surface area contributed by atoms with Crippen LogP contribution in [0, 0.1) is 5.92 Å². The van der Waals surface area contributed by atoms with Crippen LogP contribution in [-0.4, -0.2) is 29.2 Å². The topological polar surface area (TPSA) is 37.4 Å². The maximum atomic E-state index is 11.5. The molecule has 0 aromatic rings. The largest absolute Gasteiger partial charge is 0.339 e. The van der Waals surface area contributed by atoms with E-state index in [1.54, 1.807) is 0 Å². The van der Waals surface area contributed by atoms with E-state index >= 15 is 0 Å². The first kappa shape index (κ1) is 9.69. The third-order valence-electron chi connectivity index (χ3n) is 3.25. The molecular formula is C11H17NO2. The molecule has 1 amide bonds. The molecule has 1 heterocycles. The van der Waals surface area contributed by atoms with E-state index < -0.39 is 0 Å². The van der Waals surface area contributed by atoms with Gasteiger partial charge in [-0.05, 0) is 18.8 Å². The summed E-state index contributed by atoms with van der Waals surface area (Å²) in [7, 11) is 0. The Morgan fingerprint density at radius 3 is 2.86 bits per heavy atom. The van der Waals surface area contributed by atoms with Crippen LogP contribution in [-0.2, 0) is 9.59 Å². The Morgan fingerprint density at radius 2 is 2.21 bits per heavy atom. The fourth-order valence-electron chi connectivity index (χ4n) is 2.37. The minimum atomic E-state index is 0.0600. The first-order valence-electron chi connectivity index (χ1n) is 5.53. The van der Waals surface area contributed by atoms with Gasteiger partial charge in [0.05, 0.1) is 6.42 Å². The van der Waals surface area contributed by atoms with Gasteiger partial charge >= 0.3 is 0 Å². The molecule has 1 saturated heterocycles. The molecule has 14 heavy (non-hydrogen) atoms. The second kappa shape index (κ2) is 3.71. The van der Waals surface area contributed by atoms with E-state index in [-0.39, 0.29) is 18.1 Å². The monoisotopic (exact) mass is 195 g/mol. The van der Waals surface area contributed by atoms with Crippen molar-refractivity contribution in [1.29, 1.82) is 0 Å². The van der Waals surface area contributed by atoms with Crippen LogP contribution in [0.3, 0.4) is 0 Å². The summed E-state index contributed by atoms with van der Waals surface area (Å²) in [6.45, 7) is 2.85. The molecule has 78 valence electrons. The second-order valence-electron chi connectivity index (χ2n) is 4.40. The van der Waals surface area contributed by atoms with Crippen molar-refractivity contribution in [2.24, 2.45) is 5.92 Å². The van der Waals surface area contributed by atoms with Gasteiger partial charge in [0.1, 0.15) is 5.78 Å². The maximum Gasteiger partial charge on any atom is 0.230 e. The van der Waals surface area contributed by atoms with E-state index in [0.29, 0.717) is 19.0 Å². The van der Waals surface area contributed by atoms with Gasteiger partial charge in [-0.25, -0.2) is 0 Å². The normalized spacial score (nSPS) is 32.2. The van der Waals surface area contributed by atoms with E-state index in [2.05, 4.69) is 6.92 Å². The second-order valence-corrected chi connectivity index (χ2v) is 4.40. The van der Waals surface area contributed by atoms with E-state index in [4.69, 9.17) is 0 Å². The molecule has 1 aliphatic carbocycles. The molecule has 3 nitrogen and oxygen atoms in total. The molecule has 2 atom stereocenters. The van der Waals surface area contributed by atoms with Gasteiger partial charge in [0.15, 0.2) is 0 Å². The first-order chi connectivity index (χ1) is 6.72. The number of hydrogen-bond acceptors (Lipinski definition) is 2. The number of nitrogens with zero attached hydrogens (tertiary/aromatic N) is 1. The Morgan fingerprint density at radius 1 is 1.43 bits per heavy atom. The Bertz CT molecular complexity index is 262. The Balaban J connectivity index is 1.87. The predicted molar refractivity (Wildman–Crippen MR) is 52.8 cm³/mol. The molecular weight excluding hydrogens is 178 g/mol. The van der Waals surface area contributed by atoms with Crippen LogP contribution >= 0.6 is 0 Å². The molecule has 0 radical (unpaired) electrons. The van der Waals surface area contributed by atoms with Crippen molar-refractivity contribution in [3.8, 4) is 0 Å². The van der Waals surface area contributed by atoms with Gasteiger partial charge < -0.3 is 4.90 Å². The Labute approximate surface area is 84.5 Å². The highest BCUT2D eigenvalue weighted by atomic mass is 16.2. The summed E-state index contributed by atoms with van der Waals surface area (Å²) in [6.07, 6.45) is 4.30. The predicted octanol–water partition coefficient (Wildman–Crippen LogP) is 1.37. The molecule has 0 aromatic carbocycles. The zero-order valence-electron chi connectivity index (χ0n) is 8.66.